The summed E-state index contributed by atoms with van der Waals surface area (Å²) < 4.78 is 8.34. The fourth-order valence-corrected chi connectivity index (χ4v) is 3.02. The molecule has 0 bridgehead atoms. The van der Waals surface area contributed by atoms with Gasteiger partial charge >= 0.3 is 5.97 Å². The summed E-state index contributed by atoms with van der Waals surface area (Å²) in [6.07, 6.45) is 7.78. The van der Waals surface area contributed by atoms with Crippen molar-refractivity contribution in [3.05, 3.63) is 5.82 Å². The van der Waals surface area contributed by atoms with Crippen molar-refractivity contribution < 1.29 is 14.3 Å². The number of esters is 1. The molecule has 0 unspecified atom stereocenters. The number of hydrogen-bond acceptors (Lipinski definition) is 6. The fraction of sp³-hybridized carbons (Fsp3) is 0.692. The standard InChI is InChI=1S/C13H19N3O3S/c1-19-12(18)11-15-13(20-16-11)14-10(17)8-7-9-5-3-2-4-6-9/h9H,2-8H2,1H3,(H,14,15,16,17). The minimum Gasteiger partial charge on any atom is -0.463 e. The predicted molar refractivity (Wildman–Crippen MR) is 75.7 cm³/mol. The Morgan fingerprint density at radius 3 is 2.80 bits per heavy atom. The van der Waals surface area contributed by atoms with Gasteiger partial charge in [0.25, 0.3) is 5.82 Å². The van der Waals surface area contributed by atoms with Gasteiger partial charge in [-0.15, -0.1) is 0 Å². The Bertz CT molecular complexity index is 469. The van der Waals surface area contributed by atoms with E-state index in [2.05, 4.69) is 19.4 Å². The maximum atomic E-state index is 11.8. The number of rotatable bonds is 5. The Kier molecular flexibility index (Phi) is 5.46. The number of nitrogens with one attached hydrogen (secondary N) is 1. The third kappa shape index (κ3) is 4.26. The quantitative estimate of drug-likeness (QED) is 0.845. The van der Waals surface area contributed by atoms with Gasteiger partial charge in [-0.2, -0.15) is 9.36 Å². The molecule has 1 N–H and O–H groups in total. The molecule has 0 aliphatic heterocycles. The van der Waals surface area contributed by atoms with Crippen LogP contribution < -0.4 is 5.32 Å². The van der Waals surface area contributed by atoms with Crippen LogP contribution in [0.15, 0.2) is 0 Å². The third-order valence-electron chi connectivity index (χ3n) is 3.54. The number of carbonyl (C=O) groups excluding carboxylic acids is 2. The molecule has 1 fully saturated rings. The van der Waals surface area contributed by atoms with Gasteiger partial charge in [-0.1, -0.05) is 32.1 Å². The number of ether oxygens (including phenoxy) is 1. The van der Waals surface area contributed by atoms with Gasteiger partial charge in [0.2, 0.25) is 11.0 Å². The van der Waals surface area contributed by atoms with Crippen LogP contribution in [0.2, 0.25) is 0 Å². The highest BCUT2D eigenvalue weighted by Gasteiger charge is 2.17. The Morgan fingerprint density at radius 2 is 2.10 bits per heavy atom. The number of amides is 1. The summed E-state index contributed by atoms with van der Waals surface area (Å²) in [5.74, 6) is 0.00160. The summed E-state index contributed by atoms with van der Waals surface area (Å²) in [7, 11) is 1.27. The van der Waals surface area contributed by atoms with E-state index in [1.165, 1.54) is 39.2 Å². The molecule has 0 spiro atoms. The van der Waals surface area contributed by atoms with Gasteiger partial charge in [0.15, 0.2) is 0 Å². The van der Waals surface area contributed by atoms with Gasteiger partial charge in [-0.05, 0) is 12.3 Å². The Morgan fingerprint density at radius 1 is 1.35 bits per heavy atom. The van der Waals surface area contributed by atoms with Crippen molar-refractivity contribution in [2.24, 2.45) is 5.92 Å². The van der Waals surface area contributed by atoms with Crippen molar-refractivity contribution in [3.8, 4) is 0 Å². The average molecular weight is 297 g/mol. The number of carbonyl (C=O) groups is 2. The van der Waals surface area contributed by atoms with Crippen LogP contribution in [0.4, 0.5) is 5.13 Å². The van der Waals surface area contributed by atoms with Crippen molar-refractivity contribution in [3.63, 3.8) is 0 Å². The summed E-state index contributed by atoms with van der Waals surface area (Å²) in [5, 5.41) is 3.03. The van der Waals surface area contributed by atoms with Gasteiger partial charge in [0, 0.05) is 18.0 Å². The van der Waals surface area contributed by atoms with Crippen LogP contribution in [0.25, 0.3) is 0 Å². The first-order valence-electron chi connectivity index (χ1n) is 6.91. The van der Waals surface area contributed by atoms with E-state index < -0.39 is 5.97 Å². The predicted octanol–water partition coefficient (Wildman–Crippen LogP) is 2.62. The second-order valence-electron chi connectivity index (χ2n) is 5.01. The zero-order valence-electron chi connectivity index (χ0n) is 11.6. The maximum absolute atomic E-state index is 11.8. The molecule has 1 amide bonds. The molecule has 0 aromatic carbocycles. The molecule has 7 heteroatoms. The number of hydrogen-bond donors (Lipinski definition) is 1. The molecule has 110 valence electrons. The largest absolute Gasteiger partial charge is 0.463 e. The molecule has 6 nitrogen and oxygen atoms in total. The highest BCUT2D eigenvalue weighted by molar-refractivity contribution is 7.10. The molecule has 1 saturated carbocycles. The average Bonchev–Trinajstić information content (AvgIpc) is 2.94. The summed E-state index contributed by atoms with van der Waals surface area (Å²) in [6.45, 7) is 0. The van der Waals surface area contributed by atoms with Crippen LogP contribution in [-0.4, -0.2) is 28.3 Å². The fourth-order valence-electron chi connectivity index (χ4n) is 2.44. The zero-order chi connectivity index (χ0) is 14.4. The van der Waals surface area contributed by atoms with Crippen LogP contribution in [0, 0.1) is 5.92 Å². The molecular weight excluding hydrogens is 278 g/mol. The lowest BCUT2D eigenvalue weighted by atomic mass is 9.86. The van der Waals surface area contributed by atoms with Crippen LogP contribution in [-0.2, 0) is 9.53 Å². The van der Waals surface area contributed by atoms with Crippen molar-refractivity contribution in [1.82, 2.24) is 9.36 Å². The van der Waals surface area contributed by atoms with Gasteiger partial charge in [0.05, 0.1) is 7.11 Å². The number of aromatic nitrogens is 2. The molecule has 1 aliphatic carbocycles. The topological polar surface area (TPSA) is 81.2 Å². The van der Waals surface area contributed by atoms with E-state index in [0.29, 0.717) is 17.5 Å². The molecule has 0 saturated heterocycles. The normalized spacial score (nSPS) is 15.8. The minimum atomic E-state index is -0.594. The van der Waals surface area contributed by atoms with Gasteiger partial charge < -0.3 is 10.1 Å². The second-order valence-corrected chi connectivity index (χ2v) is 5.76. The van der Waals surface area contributed by atoms with E-state index >= 15 is 0 Å². The SMILES string of the molecule is COC(=O)c1nsc(NC(=O)CCC2CCCCC2)n1. The summed E-state index contributed by atoms with van der Waals surface area (Å²) in [4.78, 5) is 26.9. The van der Waals surface area contributed by atoms with Crippen molar-refractivity contribution >= 4 is 28.5 Å². The lowest BCUT2D eigenvalue weighted by molar-refractivity contribution is -0.116. The van der Waals surface area contributed by atoms with Crippen LogP contribution >= 0.6 is 11.5 Å². The molecular formula is C13H19N3O3S. The first-order valence-corrected chi connectivity index (χ1v) is 7.68. The van der Waals surface area contributed by atoms with Gasteiger partial charge in [-0.3, -0.25) is 4.79 Å². The Balaban J connectivity index is 1.76. The first-order chi connectivity index (χ1) is 9.69. The summed E-state index contributed by atoms with van der Waals surface area (Å²) in [6, 6.07) is 0. The maximum Gasteiger partial charge on any atom is 0.377 e. The zero-order valence-corrected chi connectivity index (χ0v) is 12.4. The smallest absolute Gasteiger partial charge is 0.377 e. The molecule has 0 atom stereocenters. The number of nitrogens with zero attached hydrogens (tertiary/aromatic N) is 2. The van der Waals surface area contributed by atoms with E-state index in [0.717, 1.165) is 18.0 Å². The molecule has 1 aromatic rings. The van der Waals surface area contributed by atoms with Crippen molar-refractivity contribution in [2.45, 2.75) is 44.9 Å². The number of anilines is 1. The molecule has 1 heterocycles. The molecule has 0 radical (unpaired) electrons. The van der Waals surface area contributed by atoms with Crippen molar-refractivity contribution in [1.29, 1.82) is 0 Å². The Hall–Kier alpha value is -1.50. The van der Waals surface area contributed by atoms with E-state index in [1.807, 2.05) is 0 Å². The van der Waals surface area contributed by atoms with E-state index in [1.54, 1.807) is 0 Å². The highest BCUT2D eigenvalue weighted by atomic mass is 32.1. The summed E-state index contributed by atoms with van der Waals surface area (Å²) >= 11 is 0.989. The lowest BCUT2D eigenvalue weighted by Crippen LogP contribution is -2.15. The lowest BCUT2D eigenvalue weighted by Gasteiger charge is -2.20. The number of methoxy groups -OCH3 is 1. The minimum absolute atomic E-state index is 0.0138. The van der Waals surface area contributed by atoms with Crippen LogP contribution in [0.5, 0.6) is 0 Å². The van der Waals surface area contributed by atoms with E-state index in [4.69, 9.17) is 0 Å². The van der Waals surface area contributed by atoms with Crippen molar-refractivity contribution in [2.75, 3.05) is 12.4 Å². The van der Waals surface area contributed by atoms with Gasteiger partial charge in [-0.25, -0.2) is 4.79 Å². The Labute approximate surface area is 122 Å². The molecule has 1 aliphatic rings. The van der Waals surface area contributed by atoms with E-state index in [9.17, 15) is 9.59 Å². The molecule has 1 aromatic heterocycles. The van der Waals surface area contributed by atoms with E-state index in [-0.39, 0.29) is 11.7 Å². The van der Waals surface area contributed by atoms with Crippen LogP contribution in [0.1, 0.15) is 55.6 Å². The highest BCUT2D eigenvalue weighted by Crippen LogP contribution is 2.27. The molecule has 20 heavy (non-hydrogen) atoms. The van der Waals surface area contributed by atoms with Gasteiger partial charge in [0.1, 0.15) is 0 Å². The summed E-state index contributed by atoms with van der Waals surface area (Å²) in [5.41, 5.74) is 0. The monoisotopic (exact) mass is 297 g/mol. The first kappa shape index (κ1) is 14.9. The second kappa shape index (κ2) is 7.33. The van der Waals surface area contributed by atoms with Crippen LogP contribution in [0.3, 0.4) is 0 Å². The third-order valence-corrected chi connectivity index (χ3v) is 4.18. The molecule has 2 rings (SSSR count).